The molecule has 1 aliphatic heterocycles. The van der Waals surface area contributed by atoms with Crippen molar-refractivity contribution >= 4 is 5.91 Å². The van der Waals surface area contributed by atoms with Crippen LogP contribution in [0.3, 0.4) is 0 Å². The van der Waals surface area contributed by atoms with Gasteiger partial charge < -0.3 is 19.4 Å². The first-order valence-electron chi connectivity index (χ1n) is 10.5. The Bertz CT molecular complexity index is 1040. The van der Waals surface area contributed by atoms with Gasteiger partial charge in [0.25, 0.3) is 5.91 Å². The van der Waals surface area contributed by atoms with Gasteiger partial charge in [-0.05, 0) is 41.8 Å². The number of benzene rings is 2. The number of nitrogens with one attached hydrogen (secondary N) is 1. The summed E-state index contributed by atoms with van der Waals surface area (Å²) in [5, 5.41) is 3.13. The lowest BCUT2D eigenvalue weighted by Crippen LogP contribution is -2.41. The normalized spacial score (nSPS) is 14.5. The molecule has 0 aliphatic carbocycles. The second kappa shape index (κ2) is 9.27. The van der Waals surface area contributed by atoms with Gasteiger partial charge in [0.15, 0.2) is 0 Å². The fourth-order valence-electron chi connectivity index (χ4n) is 4.38. The first kappa shape index (κ1) is 21.0. The number of rotatable bonds is 7. The molecule has 2 aromatic carbocycles. The highest BCUT2D eigenvalue weighted by Crippen LogP contribution is 2.30. The molecule has 1 N–H and O–H groups in total. The summed E-state index contributed by atoms with van der Waals surface area (Å²) in [5.41, 5.74) is 4.35. The first-order valence-corrected chi connectivity index (χ1v) is 10.5. The SMILES string of the molecule is COc1cccc(OC)c1C(=O)NCC(c1cccn1C)N1CCc2ccccc2C1. The van der Waals surface area contributed by atoms with Crippen molar-refractivity contribution < 1.29 is 14.3 Å². The summed E-state index contributed by atoms with van der Waals surface area (Å²) in [4.78, 5) is 15.6. The highest BCUT2D eigenvalue weighted by molar-refractivity contribution is 5.99. The Labute approximate surface area is 183 Å². The van der Waals surface area contributed by atoms with Crippen molar-refractivity contribution in [3.8, 4) is 11.5 Å². The van der Waals surface area contributed by atoms with E-state index in [-0.39, 0.29) is 11.9 Å². The van der Waals surface area contributed by atoms with Crippen molar-refractivity contribution in [1.82, 2.24) is 14.8 Å². The minimum absolute atomic E-state index is 0.0537. The van der Waals surface area contributed by atoms with Crippen LogP contribution in [0.5, 0.6) is 11.5 Å². The van der Waals surface area contributed by atoms with E-state index in [9.17, 15) is 4.79 Å². The van der Waals surface area contributed by atoms with Gasteiger partial charge in [-0.1, -0.05) is 30.3 Å². The van der Waals surface area contributed by atoms with Gasteiger partial charge >= 0.3 is 0 Å². The van der Waals surface area contributed by atoms with Crippen molar-refractivity contribution in [2.45, 2.75) is 19.0 Å². The molecule has 1 amide bonds. The fraction of sp³-hybridized carbons (Fsp3) is 0.320. The van der Waals surface area contributed by atoms with Gasteiger partial charge in [0.2, 0.25) is 0 Å². The van der Waals surface area contributed by atoms with Crippen molar-refractivity contribution in [3.05, 3.63) is 83.2 Å². The maximum Gasteiger partial charge on any atom is 0.258 e. The van der Waals surface area contributed by atoms with E-state index in [0.29, 0.717) is 23.6 Å². The van der Waals surface area contributed by atoms with E-state index in [1.807, 2.05) is 25.4 Å². The molecule has 1 unspecified atom stereocenters. The maximum atomic E-state index is 13.1. The smallest absolute Gasteiger partial charge is 0.258 e. The summed E-state index contributed by atoms with van der Waals surface area (Å²) in [5.74, 6) is 0.796. The van der Waals surface area contributed by atoms with E-state index < -0.39 is 0 Å². The number of aryl methyl sites for hydroxylation is 1. The lowest BCUT2D eigenvalue weighted by Gasteiger charge is -2.36. The Hall–Kier alpha value is -3.25. The maximum absolute atomic E-state index is 13.1. The van der Waals surface area contributed by atoms with Crippen molar-refractivity contribution in [1.29, 1.82) is 0 Å². The quantitative estimate of drug-likeness (QED) is 0.636. The van der Waals surface area contributed by atoms with Crippen LogP contribution in [0.4, 0.5) is 0 Å². The van der Waals surface area contributed by atoms with Crippen LogP contribution in [0.15, 0.2) is 60.8 Å². The standard InChI is InChI=1S/C25H29N3O3/c1-27-14-7-10-20(27)21(28-15-13-18-8-4-5-9-19(18)17-28)16-26-25(29)24-22(30-2)11-6-12-23(24)31-3/h4-12,14,21H,13,15-17H2,1-3H3,(H,26,29). The molecule has 162 valence electrons. The summed E-state index contributed by atoms with van der Waals surface area (Å²) < 4.78 is 12.9. The van der Waals surface area contributed by atoms with Crippen LogP contribution in [0.25, 0.3) is 0 Å². The largest absolute Gasteiger partial charge is 0.496 e. The fourth-order valence-corrected chi connectivity index (χ4v) is 4.38. The number of aromatic nitrogens is 1. The molecule has 1 atom stereocenters. The Morgan fingerprint density at radius 3 is 2.35 bits per heavy atom. The zero-order chi connectivity index (χ0) is 21.8. The van der Waals surface area contributed by atoms with Crippen LogP contribution < -0.4 is 14.8 Å². The third kappa shape index (κ3) is 4.30. The van der Waals surface area contributed by atoms with Crippen LogP contribution in [0.2, 0.25) is 0 Å². The van der Waals surface area contributed by atoms with E-state index in [1.54, 1.807) is 26.4 Å². The molecule has 31 heavy (non-hydrogen) atoms. The van der Waals surface area contributed by atoms with Gasteiger partial charge in [0, 0.05) is 38.6 Å². The van der Waals surface area contributed by atoms with Crippen LogP contribution in [-0.4, -0.2) is 42.7 Å². The van der Waals surface area contributed by atoms with Crippen LogP contribution in [0, 0.1) is 0 Å². The van der Waals surface area contributed by atoms with E-state index in [1.165, 1.54) is 16.8 Å². The third-order valence-electron chi connectivity index (χ3n) is 6.04. The van der Waals surface area contributed by atoms with E-state index in [4.69, 9.17) is 9.47 Å². The van der Waals surface area contributed by atoms with E-state index in [2.05, 4.69) is 45.1 Å². The molecule has 2 heterocycles. The highest BCUT2D eigenvalue weighted by Gasteiger charge is 2.27. The molecule has 0 saturated carbocycles. The van der Waals surface area contributed by atoms with E-state index >= 15 is 0 Å². The van der Waals surface area contributed by atoms with Crippen LogP contribution in [-0.2, 0) is 20.0 Å². The summed E-state index contributed by atoms with van der Waals surface area (Å²) >= 11 is 0. The molecule has 3 aromatic rings. The predicted octanol–water partition coefficient (Wildman–Crippen LogP) is 3.57. The number of carbonyl (C=O) groups excluding carboxylic acids is 1. The number of methoxy groups -OCH3 is 2. The number of carbonyl (C=O) groups is 1. The van der Waals surface area contributed by atoms with Gasteiger partial charge in [0.05, 0.1) is 20.3 Å². The van der Waals surface area contributed by atoms with Gasteiger partial charge in [-0.25, -0.2) is 0 Å². The predicted molar refractivity (Wildman–Crippen MR) is 121 cm³/mol. The summed E-state index contributed by atoms with van der Waals surface area (Å²) in [7, 11) is 5.16. The van der Waals surface area contributed by atoms with Gasteiger partial charge in [-0.2, -0.15) is 0 Å². The Balaban J connectivity index is 1.57. The molecule has 6 heteroatoms. The monoisotopic (exact) mass is 419 g/mol. The number of hydrogen-bond acceptors (Lipinski definition) is 4. The van der Waals surface area contributed by atoms with Gasteiger partial charge in [-0.15, -0.1) is 0 Å². The number of hydrogen-bond donors (Lipinski definition) is 1. The molecule has 0 spiro atoms. The topological polar surface area (TPSA) is 55.7 Å². The average Bonchev–Trinajstić information content (AvgIpc) is 3.23. The average molecular weight is 420 g/mol. The Morgan fingerprint density at radius 1 is 1.00 bits per heavy atom. The second-order valence-corrected chi connectivity index (χ2v) is 7.80. The van der Waals surface area contributed by atoms with Crippen molar-refractivity contribution in [3.63, 3.8) is 0 Å². The molecule has 6 nitrogen and oxygen atoms in total. The Morgan fingerprint density at radius 2 is 1.71 bits per heavy atom. The minimum Gasteiger partial charge on any atom is -0.496 e. The number of ether oxygens (including phenoxy) is 2. The van der Waals surface area contributed by atoms with E-state index in [0.717, 1.165) is 19.5 Å². The minimum atomic E-state index is -0.203. The van der Waals surface area contributed by atoms with Crippen molar-refractivity contribution in [2.75, 3.05) is 27.3 Å². The zero-order valence-corrected chi connectivity index (χ0v) is 18.3. The first-order chi connectivity index (χ1) is 15.1. The second-order valence-electron chi connectivity index (χ2n) is 7.80. The molecule has 1 aliphatic rings. The molecule has 0 saturated heterocycles. The molecule has 4 rings (SSSR count). The number of nitrogens with zero attached hydrogens (tertiary/aromatic N) is 2. The number of fused-ring (bicyclic) bond motifs is 1. The van der Waals surface area contributed by atoms with Crippen LogP contribution in [0.1, 0.15) is 33.2 Å². The molecule has 0 fully saturated rings. The summed E-state index contributed by atoms with van der Waals surface area (Å²) in [6.45, 7) is 2.29. The summed E-state index contributed by atoms with van der Waals surface area (Å²) in [6, 6.07) is 18.2. The lowest BCUT2D eigenvalue weighted by molar-refractivity contribution is 0.0919. The Kier molecular flexibility index (Phi) is 6.28. The molecule has 0 bridgehead atoms. The van der Waals surface area contributed by atoms with Crippen LogP contribution >= 0.6 is 0 Å². The summed E-state index contributed by atoms with van der Waals surface area (Å²) in [6.07, 6.45) is 3.05. The molecule has 0 radical (unpaired) electrons. The van der Waals surface area contributed by atoms with Gasteiger partial charge in [-0.3, -0.25) is 9.69 Å². The third-order valence-corrected chi connectivity index (χ3v) is 6.04. The van der Waals surface area contributed by atoms with Gasteiger partial charge in [0.1, 0.15) is 17.1 Å². The lowest BCUT2D eigenvalue weighted by atomic mass is 9.97. The van der Waals surface area contributed by atoms with Crippen molar-refractivity contribution in [2.24, 2.45) is 7.05 Å². The zero-order valence-electron chi connectivity index (χ0n) is 18.3. The molecular formula is C25H29N3O3. The molecular weight excluding hydrogens is 390 g/mol. The number of amides is 1. The molecule has 1 aromatic heterocycles. The highest BCUT2D eigenvalue weighted by atomic mass is 16.5.